The van der Waals surface area contributed by atoms with Crippen LogP contribution in [0.25, 0.3) is 0 Å². The van der Waals surface area contributed by atoms with E-state index in [1.54, 1.807) is 13.0 Å². The molecule has 0 saturated carbocycles. The van der Waals surface area contributed by atoms with Gasteiger partial charge >= 0.3 is 5.97 Å². The topological polar surface area (TPSA) is 71.8 Å². The van der Waals surface area contributed by atoms with Gasteiger partial charge in [-0.25, -0.2) is 4.79 Å². The van der Waals surface area contributed by atoms with Gasteiger partial charge in [0.2, 0.25) is 5.91 Å². The number of esters is 1. The third-order valence-electron chi connectivity index (χ3n) is 3.93. The van der Waals surface area contributed by atoms with Gasteiger partial charge in [-0.05, 0) is 44.5 Å². The van der Waals surface area contributed by atoms with Gasteiger partial charge in [-0.1, -0.05) is 25.1 Å². The van der Waals surface area contributed by atoms with Gasteiger partial charge in [-0.2, -0.15) is 0 Å². The second-order valence-electron chi connectivity index (χ2n) is 6.05. The molecule has 2 aromatic rings. The molecule has 6 heteroatoms. The van der Waals surface area contributed by atoms with Gasteiger partial charge in [0.15, 0.2) is 0 Å². The lowest BCUT2D eigenvalue weighted by molar-refractivity contribution is -0.117. The highest BCUT2D eigenvalue weighted by Gasteiger charge is 2.19. The van der Waals surface area contributed by atoms with Gasteiger partial charge in [-0.15, -0.1) is 0 Å². The fourth-order valence-corrected chi connectivity index (χ4v) is 2.69. The molecule has 2 rings (SSSR count). The highest BCUT2D eigenvalue weighted by Crippen LogP contribution is 2.16. The standard InChI is InChI=1S/C20H26N2O4/c1-4-11-22(13-18-16(10-12-26-18)20(24)25-5-2)14-19(23)21-17-9-7-6-8-15(17)3/h6-10,12H,4-5,11,13-14H2,1-3H3,(H,21,23). The van der Waals surface area contributed by atoms with Gasteiger partial charge in [0.25, 0.3) is 0 Å². The average molecular weight is 358 g/mol. The Balaban J connectivity index is 2.03. The Morgan fingerprint density at radius 3 is 2.65 bits per heavy atom. The summed E-state index contributed by atoms with van der Waals surface area (Å²) in [7, 11) is 0. The van der Waals surface area contributed by atoms with Crippen LogP contribution in [0.1, 0.15) is 41.9 Å². The molecule has 1 heterocycles. The Bertz CT molecular complexity index is 739. The van der Waals surface area contributed by atoms with E-state index >= 15 is 0 Å². The monoisotopic (exact) mass is 358 g/mol. The molecule has 1 aromatic heterocycles. The number of rotatable bonds is 9. The minimum atomic E-state index is -0.405. The number of hydrogen-bond acceptors (Lipinski definition) is 5. The normalized spacial score (nSPS) is 10.8. The van der Waals surface area contributed by atoms with Gasteiger partial charge < -0.3 is 14.5 Å². The van der Waals surface area contributed by atoms with Crippen LogP contribution in [0.3, 0.4) is 0 Å². The maximum absolute atomic E-state index is 12.4. The van der Waals surface area contributed by atoms with Crippen molar-refractivity contribution in [3.63, 3.8) is 0 Å². The number of nitrogens with zero attached hydrogens (tertiary/aromatic N) is 1. The van der Waals surface area contributed by atoms with Crippen molar-refractivity contribution < 1.29 is 18.7 Å². The van der Waals surface area contributed by atoms with Crippen molar-refractivity contribution in [3.8, 4) is 0 Å². The largest absolute Gasteiger partial charge is 0.467 e. The molecule has 0 fully saturated rings. The molecule has 0 saturated heterocycles. The minimum absolute atomic E-state index is 0.100. The molecule has 0 atom stereocenters. The number of aryl methyl sites for hydroxylation is 1. The summed E-state index contributed by atoms with van der Waals surface area (Å²) in [5.74, 6) is 0.00893. The highest BCUT2D eigenvalue weighted by molar-refractivity contribution is 5.93. The number of nitrogens with one attached hydrogen (secondary N) is 1. The number of furan rings is 1. The van der Waals surface area contributed by atoms with Crippen molar-refractivity contribution in [2.75, 3.05) is 25.0 Å². The molecule has 1 N–H and O–H groups in total. The molecule has 0 aliphatic rings. The quantitative estimate of drug-likeness (QED) is 0.693. The smallest absolute Gasteiger partial charge is 0.341 e. The minimum Gasteiger partial charge on any atom is -0.467 e. The summed E-state index contributed by atoms with van der Waals surface area (Å²) >= 11 is 0. The number of ether oxygens (including phenoxy) is 1. The molecule has 1 aromatic carbocycles. The molecule has 140 valence electrons. The summed E-state index contributed by atoms with van der Waals surface area (Å²) < 4.78 is 10.5. The van der Waals surface area contributed by atoms with Crippen LogP contribution in [0, 0.1) is 6.92 Å². The van der Waals surface area contributed by atoms with Crippen molar-refractivity contribution >= 4 is 17.6 Å². The number of carbonyl (C=O) groups excluding carboxylic acids is 2. The first-order valence-corrected chi connectivity index (χ1v) is 8.86. The van der Waals surface area contributed by atoms with Crippen LogP contribution in [0.4, 0.5) is 5.69 Å². The van der Waals surface area contributed by atoms with Crippen LogP contribution >= 0.6 is 0 Å². The maximum atomic E-state index is 12.4. The average Bonchev–Trinajstić information content (AvgIpc) is 3.05. The summed E-state index contributed by atoms with van der Waals surface area (Å²) in [6, 6.07) is 9.25. The number of carbonyl (C=O) groups is 2. The lowest BCUT2D eigenvalue weighted by atomic mass is 10.2. The first kappa shape index (κ1) is 19.7. The molecule has 0 unspecified atom stereocenters. The number of amides is 1. The molecule has 0 aliphatic carbocycles. The van der Waals surface area contributed by atoms with Crippen LogP contribution in [0.5, 0.6) is 0 Å². The molecule has 0 radical (unpaired) electrons. The van der Waals surface area contributed by atoms with Crippen LogP contribution in [-0.4, -0.2) is 36.5 Å². The third-order valence-corrected chi connectivity index (χ3v) is 3.93. The number of benzene rings is 1. The lowest BCUT2D eigenvalue weighted by Gasteiger charge is -2.20. The first-order valence-electron chi connectivity index (χ1n) is 8.86. The van der Waals surface area contributed by atoms with Crippen molar-refractivity contribution in [2.24, 2.45) is 0 Å². The van der Waals surface area contributed by atoms with E-state index in [1.807, 2.05) is 43.0 Å². The van der Waals surface area contributed by atoms with Gasteiger partial charge in [-0.3, -0.25) is 9.69 Å². The number of para-hydroxylation sites is 1. The summed E-state index contributed by atoms with van der Waals surface area (Å²) in [5, 5.41) is 2.93. The van der Waals surface area contributed by atoms with Crippen molar-refractivity contribution in [1.82, 2.24) is 4.90 Å². The van der Waals surface area contributed by atoms with E-state index in [0.717, 1.165) is 17.7 Å². The zero-order valence-corrected chi connectivity index (χ0v) is 15.6. The van der Waals surface area contributed by atoms with E-state index in [1.165, 1.54) is 6.26 Å². The molecular weight excluding hydrogens is 332 g/mol. The predicted molar refractivity (Wildman–Crippen MR) is 100 cm³/mol. The first-order chi connectivity index (χ1) is 12.5. The molecule has 6 nitrogen and oxygen atoms in total. The zero-order valence-electron chi connectivity index (χ0n) is 15.6. The lowest BCUT2D eigenvalue weighted by Crippen LogP contribution is -2.34. The Morgan fingerprint density at radius 2 is 1.96 bits per heavy atom. The predicted octanol–water partition coefficient (Wildman–Crippen LogP) is 3.62. The number of anilines is 1. The van der Waals surface area contributed by atoms with Crippen LogP contribution < -0.4 is 5.32 Å². The van der Waals surface area contributed by atoms with E-state index in [-0.39, 0.29) is 12.5 Å². The fraction of sp³-hybridized carbons (Fsp3) is 0.400. The Labute approximate surface area is 154 Å². The van der Waals surface area contributed by atoms with Crippen LogP contribution in [0.15, 0.2) is 41.0 Å². The summed E-state index contributed by atoms with van der Waals surface area (Å²) in [5.41, 5.74) is 2.23. The van der Waals surface area contributed by atoms with Gasteiger partial charge in [0.05, 0.1) is 26.0 Å². The van der Waals surface area contributed by atoms with Crippen LogP contribution in [-0.2, 0) is 16.1 Å². The molecule has 0 aliphatic heterocycles. The molecule has 1 amide bonds. The van der Waals surface area contributed by atoms with Crippen molar-refractivity contribution in [2.45, 2.75) is 33.7 Å². The van der Waals surface area contributed by atoms with E-state index in [4.69, 9.17) is 9.15 Å². The fourth-order valence-electron chi connectivity index (χ4n) is 2.69. The van der Waals surface area contributed by atoms with E-state index in [0.29, 0.717) is 31.0 Å². The molecule has 0 spiro atoms. The second-order valence-corrected chi connectivity index (χ2v) is 6.05. The van der Waals surface area contributed by atoms with E-state index in [2.05, 4.69) is 5.32 Å². The third kappa shape index (κ3) is 5.46. The Hall–Kier alpha value is -2.60. The van der Waals surface area contributed by atoms with E-state index in [9.17, 15) is 9.59 Å². The summed E-state index contributed by atoms with van der Waals surface area (Å²) in [4.78, 5) is 26.4. The van der Waals surface area contributed by atoms with E-state index < -0.39 is 5.97 Å². The van der Waals surface area contributed by atoms with Gasteiger partial charge in [0, 0.05) is 5.69 Å². The molecule has 26 heavy (non-hydrogen) atoms. The van der Waals surface area contributed by atoms with Crippen molar-refractivity contribution in [3.05, 3.63) is 53.5 Å². The van der Waals surface area contributed by atoms with Crippen LogP contribution in [0.2, 0.25) is 0 Å². The summed E-state index contributed by atoms with van der Waals surface area (Å²) in [6.07, 6.45) is 2.35. The maximum Gasteiger partial charge on any atom is 0.341 e. The SMILES string of the molecule is CCCN(CC(=O)Nc1ccccc1C)Cc1occc1C(=O)OCC. The second kappa shape index (κ2) is 9.77. The highest BCUT2D eigenvalue weighted by atomic mass is 16.5. The molecule has 0 bridgehead atoms. The molecular formula is C20H26N2O4. The Morgan fingerprint density at radius 1 is 1.19 bits per heavy atom. The summed E-state index contributed by atoms with van der Waals surface area (Å²) in [6.45, 7) is 7.36. The van der Waals surface area contributed by atoms with Crippen molar-refractivity contribution in [1.29, 1.82) is 0 Å². The number of hydrogen-bond donors (Lipinski definition) is 1. The van der Waals surface area contributed by atoms with Gasteiger partial charge in [0.1, 0.15) is 11.3 Å². The zero-order chi connectivity index (χ0) is 18.9. The Kier molecular flexibility index (Phi) is 7.41.